The average Bonchev–Trinajstić information content (AvgIpc) is 2.29. The Balaban J connectivity index is 2.17. The third-order valence-corrected chi connectivity index (χ3v) is 3.54. The Hall–Kier alpha value is -1.64. The smallest absolute Gasteiger partial charge is 0.243 e. The molecule has 2 nitrogen and oxygen atoms in total. The van der Waals surface area contributed by atoms with Crippen LogP contribution in [0, 0.1) is 5.82 Å². The Kier molecular flexibility index (Phi) is 3.27. The van der Waals surface area contributed by atoms with Crippen LogP contribution in [0.15, 0.2) is 36.9 Å². The number of rotatable bonds is 4. The van der Waals surface area contributed by atoms with Crippen molar-refractivity contribution in [3.05, 3.63) is 48.3 Å². The summed E-state index contributed by atoms with van der Waals surface area (Å²) in [7, 11) is 0. The molecular formula is C14H16FNO. The van der Waals surface area contributed by atoms with Crippen LogP contribution in [0.4, 0.5) is 4.39 Å². The standard InChI is InChI=1S/C14H16FNO/c1-2-13(17)16-10-14(8-5-9-14)11-6-3-4-7-12(11)15/h2-4,6-7H,1,5,8-10H2,(H,16,17). The molecule has 1 aromatic carbocycles. The van der Waals surface area contributed by atoms with Gasteiger partial charge in [-0.15, -0.1) is 0 Å². The van der Waals surface area contributed by atoms with E-state index < -0.39 is 0 Å². The van der Waals surface area contributed by atoms with E-state index in [1.165, 1.54) is 12.1 Å². The van der Waals surface area contributed by atoms with E-state index in [9.17, 15) is 9.18 Å². The molecule has 1 saturated carbocycles. The first-order valence-corrected chi connectivity index (χ1v) is 5.83. The molecule has 3 heteroatoms. The zero-order valence-electron chi connectivity index (χ0n) is 9.71. The highest BCUT2D eigenvalue weighted by molar-refractivity contribution is 5.86. The molecule has 17 heavy (non-hydrogen) atoms. The van der Waals surface area contributed by atoms with Crippen LogP contribution in [0.25, 0.3) is 0 Å². The van der Waals surface area contributed by atoms with Gasteiger partial charge in [0.05, 0.1) is 0 Å². The summed E-state index contributed by atoms with van der Waals surface area (Å²) in [5.41, 5.74) is 0.500. The summed E-state index contributed by atoms with van der Waals surface area (Å²) in [5, 5.41) is 2.78. The molecule has 0 bridgehead atoms. The number of hydrogen-bond donors (Lipinski definition) is 1. The van der Waals surface area contributed by atoms with Gasteiger partial charge in [0.15, 0.2) is 0 Å². The van der Waals surface area contributed by atoms with Crippen molar-refractivity contribution in [2.24, 2.45) is 0 Å². The molecule has 1 aliphatic carbocycles. The van der Waals surface area contributed by atoms with Crippen LogP contribution in [0.2, 0.25) is 0 Å². The topological polar surface area (TPSA) is 29.1 Å². The third kappa shape index (κ3) is 2.23. The molecule has 1 amide bonds. The highest BCUT2D eigenvalue weighted by atomic mass is 19.1. The lowest BCUT2D eigenvalue weighted by Crippen LogP contribution is -2.45. The van der Waals surface area contributed by atoms with Crippen LogP contribution in [-0.4, -0.2) is 12.5 Å². The average molecular weight is 233 g/mol. The summed E-state index contributed by atoms with van der Waals surface area (Å²) < 4.78 is 13.8. The van der Waals surface area contributed by atoms with Gasteiger partial charge in [0.25, 0.3) is 0 Å². The first-order valence-electron chi connectivity index (χ1n) is 5.83. The van der Waals surface area contributed by atoms with Crippen molar-refractivity contribution in [3.63, 3.8) is 0 Å². The van der Waals surface area contributed by atoms with Crippen LogP contribution in [0.1, 0.15) is 24.8 Å². The Bertz CT molecular complexity index is 438. The van der Waals surface area contributed by atoms with Gasteiger partial charge in [0.1, 0.15) is 5.82 Å². The van der Waals surface area contributed by atoms with Gasteiger partial charge >= 0.3 is 0 Å². The van der Waals surface area contributed by atoms with E-state index >= 15 is 0 Å². The minimum Gasteiger partial charge on any atom is -0.352 e. The highest BCUT2D eigenvalue weighted by Crippen LogP contribution is 2.44. The van der Waals surface area contributed by atoms with Crippen LogP contribution < -0.4 is 5.32 Å². The van der Waals surface area contributed by atoms with Gasteiger partial charge < -0.3 is 5.32 Å². The van der Waals surface area contributed by atoms with E-state index in [0.29, 0.717) is 6.54 Å². The Morgan fingerprint density at radius 2 is 2.18 bits per heavy atom. The largest absolute Gasteiger partial charge is 0.352 e. The molecule has 0 saturated heterocycles. The molecule has 1 aliphatic rings. The Labute approximate surface area is 101 Å². The number of nitrogens with one attached hydrogen (secondary N) is 1. The predicted molar refractivity (Wildman–Crippen MR) is 65.1 cm³/mol. The van der Waals surface area contributed by atoms with E-state index in [1.54, 1.807) is 6.07 Å². The van der Waals surface area contributed by atoms with E-state index in [2.05, 4.69) is 11.9 Å². The number of halogens is 1. The lowest BCUT2D eigenvalue weighted by atomic mass is 9.64. The van der Waals surface area contributed by atoms with Gasteiger partial charge in [0, 0.05) is 12.0 Å². The van der Waals surface area contributed by atoms with Crippen molar-refractivity contribution in [2.45, 2.75) is 24.7 Å². The Morgan fingerprint density at radius 1 is 1.47 bits per heavy atom. The number of hydrogen-bond acceptors (Lipinski definition) is 1. The maximum atomic E-state index is 13.8. The molecule has 1 aromatic rings. The number of benzene rings is 1. The SMILES string of the molecule is C=CC(=O)NCC1(c2ccccc2F)CCC1. The van der Waals surface area contributed by atoms with Crippen LogP contribution in [0.3, 0.4) is 0 Å². The second-order valence-corrected chi connectivity index (χ2v) is 4.54. The maximum Gasteiger partial charge on any atom is 0.243 e. The van der Waals surface area contributed by atoms with Gasteiger partial charge in [-0.05, 0) is 30.5 Å². The summed E-state index contributed by atoms with van der Waals surface area (Å²) >= 11 is 0. The fourth-order valence-electron chi connectivity index (χ4n) is 2.36. The van der Waals surface area contributed by atoms with Crippen molar-refractivity contribution in [3.8, 4) is 0 Å². The first-order chi connectivity index (χ1) is 8.18. The molecule has 0 atom stereocenters. The molecule has 90 valence electrons. The van der Waals surface area contributed by atoms with Crippen LogP contribution in [-0.2, 0) is 10.2 Å². The lowest BCUT2D eigenvalue weighted by molar-refractivity contribution is -0.116. The first kappa shape index (κ1) is 11.8. The summed E-state index contributed by atoms with van der Waals surface area (Å²) in [5.74, 6) is -0.382. The van der Waals surface area contributed by atoms with Crippen molar-refractivity contribution < 1.29 is 9.18 Å². The second kappa shape index (κ2) is 4.70. The molecular weight excluding hydrogens is 217 g/mol. The fraction of sp³-hybridized carbons (Fsp3) is 0.357. The van der Waals surface area contributed by atoms with Gasteiger partial charge in [0.2, 0.25) is 5.91 Å². The van der Waals surface area contributed by atoms with E-state index in [4.69, 9.17) is 0 Å². The molecule has 0 unspecified atom stereocenters. The second-order valence-electron chi connectivity index (χ2n) is 4.54. The van der Waals surface area contributed by atoms with Crippen LogP contribution in [0.5, 0.6) is 0 Å². The molecule has 0 radical (unpaired) electrons. The summed E-state index contributed by atoms with van der Waals surface area (Å²) in [6.45, 7) is 3.89. The summed E-state index contributed by atoms with van der Waals surface area (Å²) in [6.07, 6.45) is 4.17. The highest BCUT2D eigenvalue weighted by Gasteiger charge is 2.40. The van der Waals surface area contributed by atoms with Gasteiger partial charge in [-0.25, -0.2) is 4.39 Å². The van der Waals surface area contributed by atoms with Gasteiger partial charge in [-0.3, -0.25) is 4.79 Å². The van der Waals surface area contributed by atoms with E-state index in [1.807, 2.05) is 12.1 Å². The van der Waals surface area contributed by atoms with E-state index in [-0.39, 0.29) is 17.1 Å². The zero-order valence-corrected chi connectivity index (χ0v) is 9.71. The normalized spacial score (nSPS) is 17.0. The monoisotopic (exact) mass is 233 g/mol. The van der Waals surface area contributed by atoms with Gasteiger partial charge in [-0.1, -0.05) is 31.2 Å². The molecule has 0 spiro atoms. The molecule has 1 fully saturated rings. The molecule has 2 rings (SSSR count). The minimum absolute atomic E-state index is 0.181. The summed E-state index contributed by atoms with van der Waals surface area (Å²) in [4.78, 5) is 11.2. The van der Waals surface area contributed by atoms with Gasteiger partial charge in [-0.2, -0.15) is 0 Å². The number of amides is 1. The van der Waals surface area contributed by atoms with Crippen molar-refractivity contribution >= 4 is 5.91 Å². The van der Waals surface area contributed by atoms with Crippen molar-refractivity contribution in [1.82, 2.24) is 5.32 Å². The quantitative estimate of drug-likeness (QED) is 0.796. The molecule has 0 heterocycles. The minimum atomic E-state index is -0.218. The van der Waals surface area contributed by atoms with E-state index in [0.717, 1.165) is 24.8 Å². The van der Waals surface area contributed by atoms with Crippen molar-refractivity contribution in [1.29, 1.82) is 0 Å². The predicted octanol–water partition coefficient (Wildman–Crippen LogP) is 2.55. The molecule has 0 aliphatic heterocycles. The lowest BCUT2D eigenvalue weighted by Gasteiger charge is -2.42. The third-order valence-electron chi connectivity index (χ3n) is 3.54. The number of carbonyl (C=O) groups excluding carboxylic acids is 1. The zero-order chi connectivity index (χ0) is 12.3. The molecule has 0 aromatic heterocycles. The fourth-order valence-corrected chi connectivity index (χ4v) is 2.36. The Morgan fingerprint density at radius 3 is 2.71 bits per heavy atom. The van der Waals surface area contributed by atoms with Crippen molar-refractivity contribution in [2.75, 3.05) is 6.54 Å². The number of carbonyl (C=O) groups is 1. The molecule has 1 N–H and O–H groups in total. The summed E-state index contributed by atoms with van der Waals surface area (Å²) in [6, 6.07) is 6.82. The van der Waals surface area contributed by atoms with Crippen LogP contribution >= 0.6 is 0 Å². The maximum absolute atomic E-state index is 13.8.